The highest BCUT2D eigenvalue weighted by molar-refractivity contribution is 9.10. The van der Waals surface area contributed by atoms with E-state index in [1.54, 1.807) is 6.07 Å². The summed E-state index contributed by atoms with van der Waals surface area (Å²) in [6.45, 7) is 0. The number of carbonyl (C=O) groups excluding carboxylic acids is 1. The summed E-state index contributed by atoms with van der Waals surface area (Å²) in [7, 11) is 0. The van der Waals surface area contributed by atoms with Crippen molar-refractivity contribution in [3.63, 3.8) is 0 Å². The molecular formula is C13H14BrClFNO. The van der Waals surface area contributed by atoms with Gasteiger partial charge in [-0.25, -0.2) is 4.39 Å². The summed E-state index contributed by atoms with van der Waals surface area (Å²) in [4.78, 5) is 12.1. The zero-order valence-corrected chi connectivity index (χ0v) is 12.2. The van der Waals surface area contributed by atoms with Gasteiger partial charge in [-0.2, -0.15) is 0 Å². The zero-order chi connectivity index (χ0) is 13.2. The molecule has 0 heterocycles. The van der Waals surface area contributed by atoms with Crippen LogP contribution in [-0.2, 0) is 0 Å². The van der Waals surface area contributed by atoms with Crippen LogP contribution >= 0.6 is 27.5 Å². The number of halogens is 3. The molecule has 0 aliphatic heterocycles. The van der Waals surface area contributed by atoms with Crippen molar-refractivity contribution in [2.24, 2.45) is 0 Å². The predicted octanol–water partition coefficient (Wildman–Crippen LogP) is 3.87. The second kappa shape index (κ2) is 5.57. The molecule has 0 bridgehead atoms. The Kier molecular flexibility index (Phi) is 4.28. The Hall–Kier alpha value is -0.610. The lowest BCUT2D eigenvalue weighted by molar-refractivity contribution is 0.0905. The molecule has 0 unspecified atom stereocenters. The van der Waals surface area contributed by atoms with Crippen molar-refractivity contribution in [3.8, 4) is 0 Å². The van der Waals surface area contributed by atoms with E-state index >= 15 is 0 Å². The molecular weight excluding hydrogens is 321 g/mol. The van der Waals surface area contributed by atoms with E-state index in [1.807, 2.05) is 0 Å². The predicted molar refractivity (Wildman–Crippen MR) is 73.5 cm³/mol. The summed E-state index contributed by atoms with van der Waals surface area (Å²) >= 11 is 9.11. The average molecular weight is 335 g/mol. The summed E-state index contributed by atoms with van der Waals surface area (Å²) in [6.07, 6.45) is 3.83. The second-order valence-electron chi connectivity index (χ2n) is 4.70. The van der Waals surface area contributed by atoms with E-state index in [0.717, 1.165) is 25.7 Å². The molecule has 1 saturated carbocycles. The monoisotopic (exact) mass is 333 g/mol. The summed E-state index contributed by atoms with van der Waals surface area (Å²) in [5, 5.41) is 2.89. The van der Waals surface area contributed by atoms with Gasteiger partial charge in [-0.05, 0) is 31.0 Å². The Morgan fingerprint density at radius 2 is 2.11 bits per heavy atom. The van der Waals surface area contributed by atoms with Crippen LogP contribution in [0.4, 0.5) is 4.39 Å². The minimum absolute atomic E-state index is 0.0644. The van der Waals surface area contributed by atoms with Crippen LogP contribution in [0.1, 0.15) is 36.0 Å². The van der Waals surface area contributed by atoms with E-state index in [4.69, 9.17) is 11.6 Å². The Labute approximate surface area is 119 Å². The van der Waals surface area contributed by atoms with Crippen molar-refractivity contribution in [2.45, 2.75) is 31.2 Å². The molecule has 1 fully saturated rings. The first kappa shape index (κ1) is 13.8. The van der Waals surface area contributed by atoms with Crippen LogP contribution in [0.3, 0.4) is 0 Å². The van der Waals surface area contributed by atoms with Crippen LogP contribution < -0.4 is 5.32 Å². The van der Waals surface area contributed by atoms with Crippen LogP contribution in [0.5, 0.6) is 0 Å². The van der Waals surface area contributed by atoms with Gasteiger partial charge in [-0.1, -0.05) is 28.8 Å². The number of amides is 1. The molecule has 2 rings (SSSR count). The van der Waals surface area contributed by atoms with Gasteiger partial charge < -0.3 is 5.32 Å². The smallest absolute Gasteiger partial charge is 0.254 e. The fourth-order valence-corrected chi connectivity index (χ4v) is 2.99. The SMILES string of the molecule is O=C(NC1(CCl)CCCC1)c1ccc(Br)cc1F. The fourth-order valence-electron chi connectivity index (χ4n) is 2.33. The number of alkyl halides is 1. The van der Waals surface area contributed by atoms with Crippen LogP contribution in [0.15, 0.2) is 22.7 Å². The van der Waals surface area contributed by atoms with Crippen LogP contribution in [0.25, 0.3) is 0 Å². The molecule has 1 N–H and O–H groups in total. The highest BCUT2D eigenvalue weighted by Crippen LogP contribution is 2.31. The molecule has 98 valence electrons. The maximum absolute atomic E-state index is 13.7. The van der Waals surface area contributed by atoms with Gasteiger partial charge >= 0.3 is 0 Å². The van der Waals surface area contributed by atoms with Crippen molar-refractivity contribution < 1.29 is 9.18 Å². The number of hydrogen-bond donors (Lipinski definition) is 1. The zero-order valence-electron chi connectivity index (χ0n) is 9.81. The van der Waals surface area contributed by atoms with Crippen molar-refractivity contribution in [1.82, 2.24) is 5.32 Å². The Morgan fingerprint density at radius 3 is 2.67 bits per heavy atom. The largest absolute Gasteiger partial charge is 0.345 e. The summed E-state index contributed by atoms with van der Waals surface area (Å²) in [5.74, 6) is -0.538. The Morgan fingerprint density at radius 1 is 1.44 bits per heavy atom. The third kappa shape index (κ3) is 2.86. The fraction of sp³-hybridized carbons (Fsp3) is 0.462. The standard InChI is InChI=1S/C13H14BrClFNO/c14-9-3-4-10(11(16)7-9)12(18)17-13(8-15)5-1-2-6-13/h3-4,7H,1-2,5-6,8H2,(H,17,18). The Balaban J connectivity index is 2.16. The number of nitrogens with one attached hydrogen (secondary N) is 1. The summed E-state index contributed by atoms with van der Waals surface area (Å²) in [5.41, 5.74) is -0.299. The van der Waals surface area contributed by atoms with Crippen molar-refractivity contribution in [2.75, 3.05) is 5.88 Å². The molecule has 1 aliphatic carbocycles. The van der Waals surface area contributed by atoms with E-state index in [0.29, 0.717) is 10.4 Å². The van der Waals surface area contributed by atoms with Gasteiger partial charge in [0.1, 0.15) is 5.82 Å². The first-order chi connectivity index (χ1) is 8.56. The van der Waals surface area contributed by atoms with E-state index < -0.39 is 5.82 Å². The van der Waals surface area contributed by atoms with Crippen molar-refractivity contribution >= 4 is 33.4 Å². The van der Waals surface area contributed by atoms with Crippen LogP contribution in [0.2, 0.25) is 0 Å². The highest BCUT2D eigenvalue weighted by atomic mass is 79.9. The molecule has 1 aliphatic rings. The van der Waals surface area contributed by atoms with Crippen LogP contribution in [-0.4, -0.2) is 17.3 Å². The van der Waals surface area contributed by atoms with Gasteiger partial charge in [0.05, 0.1) is 11.1 Å². The molecule has 0 radical (unpaired) electrons. The van der Waals surface area contributed by atoms with Crippen molar-refractivity contribution in [3.05, 3.63) is 34.1 Å². The van der Waals surface area contributed by atoms with Gasteiger partial charge in [-0.3, -0.25) is 4.79 Å². The maximum atomic E-state index is 13.7. The van der Waals surface area contributed by atoms with Gasteiger partial charge in [0.15, 0.2) is 0 Å². The van der Waals surface area contributed by atoms with Gasteiger partial charge in [0, 0.05) is 10.4 Å². The van der Waals surface area contributed by atoms with Gasteiger partial charge in [0.2, 0.25) is 0 Å². The molecule has 18 heavy (non-hydrogen) atoms. The molecule has 1 aromatic carbocycles. The lowest BCUT2D eigenvalue weighted by atomic mass is 9.99. The van der Waals surface area contributed by atoms with Gasteiger partial charge in [0.25, 0.3) is 5.91 Å². The van der Waals surface area contributed by atoms with E-state index in [9.17, 15) is 9.18 Å². The highest BCUT2D eigenvalue weighted by Gasteiger charge is 2.35. The first-order valence-electron chi connectivity index (χ1n) is 5.90. The lowest BCUT2D eigenvalue weighted by Gasteiger charge is -2.27. The van der Waals surface area contributed by atoms with Crippen LogP contribution in [0, 0.1) is 5.82 Å². The molecule has 1 aromatic rings. The van der Waals surface area contributed by atoms with E-state index in [2.05, 4.69) is 21.2 Å². The molecule has 1 amide bonds. The minimum atomic E-state index is -0.524. The number of carbonyl (C=O) groups is 1. The van der Waals surface area contributed by atoms with Gasteiger partial charge in [-0.15, -0.1) is 11.6 Å². The summed E-state index contributed by atoms with van der Waals surface area (Å²) in [6, 6.07) is 4.42. The summed E-state index contributed by atoms with van der Waals surface area (Å²) < 4.78 is 14.3. The Bertz CT molecular complexity index is 460. The van der Waals surface area contributed by atoms with Crippen molar-refractivity contribution in [1.29, 1.82) is 0 Å². The quantitative estimate of drug-likeness (QED) is 0.835. The lowest BCUT2D eigenvalue weighted by Crippen LogP contribution is -2.48. The molecule has 0 spiro atoms. The third-order valence-electron chi connectivity index (χ3n) is 3.37. The normalized spacial score (nSPS) is 17.7. The molecule has 0 aromatic heterocycles. The maximum Gasteiger partial charge on any atom is 0.254 e. The average Bonchev–Trinajstić information content (AvgIpc) is 2.78. The minimum Gasteiger partial charge on any atom is -0.345 e. The number of benzene rings is 1. The van der Waals surface area contributed by atoms with E-state index in [1.165, 1.54) is 12.1 Å². The molecule has 2 nitrogen and oxygen atoms in total. The molecule has 0 atom stereocenters. The topological polar surface area (TPSA) is 29.1 Å². The van der Waals surface area contributed by atoms with E-state index in [-0.39, 0.29) is 17.0 Å². The number of hydrogen-bond acceptors (Lipinski definition) is 1. The molecule has 5 heteroatoms. The first-order valence-corrected chi connectivity index (χ1v) is 7.23. The second-order valence-corrected chi connectivity index (χ2v) is 5.88. The molecule has 0 saturated heterocycles. The number of rotatable bonds is 3. The third-order valence-corrected chi connectivity index (χ3v) is 4.38.